The predicted octanol–water partition coefficient (Wildman–Crippen LogP) is 1.33. The maximum Gasteiger partial charge on any atom is 0.220 e. The van der Waals surface area contributed by atoms with E-state index in [1.165, 1.54) is 0 Å². The molecule has 1 unspecified atom stereocenters. The standard InChI is InChI=1S/C18H27N5O2/c1-11-16(12(2)23(4)21-11)5-6-17(25)20-18(13-7-15(24)8-13)14-9-19-22(3)10-14/h9-10,13,15,18,24H,5-8H2,1-4H3,(H,20,25). The van der Waals surface area contributed by atoms with Gasteiger partial charge in [-0.25, -0.2) is 0 Å². The van der Waals surface area contributed by atoms with Gasteiger partial charge < -0.3 is 10.4 Å². The Bertz CT molecular complexity index is 758. The minimum absolute atomic E-state index is 0.0258. The molecule has 0 saturated heterocycles. The monoisotopic (exact) mass is 345 g/mol. The van der Waals surface area contributed by atoms with Crippen LogP contribution in [0.5, 0.6) is 0 Å². The van der Waals surface area contributed by atoms with Crippen molar-refractivity contribution in [3.63, 3.8) is 0 Å². The fourth-order valence-electron chi connectivity index (χ4n) is 3.64. The molecule has 0 radical (unpaired) electrons. The quantitative estimate of drug-likeness (QED) is 0.827. The van der Waals surface area contributed by atoms with Crippen LogP contribution in [0.3, 0.4) is 0 Å². The lowest BCUT2D eigenvalue weighted by atomic mass is 9.75. The third-order valence-electron chi connectivity index (χ3n) is 5.28. The van der Waals surface area contributed by atoms with Crippen LogP contribution in [-0.4, -0.2) is 36.7 Å². The molecule has 1 amide bonds. The number of carbonyl (C=O) groups is 1. The molecule has 7 nitrogen and oxygen atoms in total. The zero-order valence-corrected chi connectivity index (χ0v) is 15.4. The molecule has 2 heterocycles. The summed E-state index contributed by atoms with van der Waals surface area (Å²) in [5.74, 6) is 0.294. The maximum absolute atomic E-state index is 12.5. The van der Waals surface area contributed by atoms with Crippen LogP contribution >= 0.6 is 0 Å². The normalized spacial score (nSPS) is 21.0. The molecular formula is C18H27N5O2. The largest absolute Gasteiger partial charge is 0.393 e. The molecule has 0 bridgehead atoms. The minimum atomic E-state index is -0.248. The Balaban J connectivity index is 1.64. The van der Waals surface area contributed by atoms with Gasteiger partial charge in [-0.1, -0.05) is 0 Å². The predicted molar refractivity (Wildman–Crippen MR) is 93.8 cm³/mol. The first kappa shape index (κ1) is 17.7. The van der Waals surface area contributed by atoms with E-state index in [9.17, 15) is 9.90 Å². The first-order valence-electron chi connectivity index (χ1n) is 8.80. The van der Waals surface area contributed by atoms with E-state index < -0.39 is 0 Å². The maximum atomic E-state index is 12.5. The van der Waals surface area contributed by atoms with Crippen LogP contribution in [0.1, 0.15) is 47.8 Å². The zero-order valence-electron chi connectivity index (χ0n) is 15.4. The topological polar surface area (TPSA) is 85.0 Å². The van der Waals surface area contributed by atoms with Gasteiger partial charge in [-0.15, -0.1) is 0 Å². The van der Waals surface area contributed by atoms with Gasteiger partial charge in [-0.05, 0) is 44.6 Å². The van der Waals surface area contributed by atoms with E-state index in [-0.39, 0.29) is 24.0 Å². The summed E-state index contributed by atoms with van der Waals surface area (Å²) < 4.78 is 3.60. The van der Waals surface area contributed by atoms with Crippen LogP contribution in [0, 0.1) is 19.8 Å². The summed E-state index contributed by atoms with van der Waals surface area (Å²) in [4.78, 5) is 12.5. The number of nitrogens with one attached hydrogen (secondary N) is 1. The van der Waals surface area contributed by atoms with Gasteiger partial charge in [0, 0.05) is 38.0 Å². The number of carbonyl (C=O) groups excluding carboxylic acids is 1. The van der Waals surface area contributed by atoms with E-state index in [0.29, 0.717) is 12.8 Å². The van der Waals surface area contributed by atoms with E-state index in [0.717, 1.165) is 35.4 Å². The van der Waals surface area contributed by atoms with Gasteiger partial charge in [0.15, 0.2) is 0 Å². The number of aliphatic hydroxyl groups is 1. The highest BCUT2D eigenvalue weighted by atomic mass is 16.3. The first-order valence-corrected chi connectivity index (χ1v) is 8.80. The smallest absolute Gasteiger partial charge is 0.220 e. The van der Waals surface area contributed by atoms with E-state index in [2.05, 4.69) is 15.5 Å². The second-order valence-corrected chi connectivity index (χ2v) is 7.15. The van der Waals surface area contributed by atoms with E-state index in [4.69, 9.17) is 0 Å². The Morgan fingerprint density at radius 3 is 2.64 bits per heavy atom. The van der Waals surface area contributed by atoms with Crippen LogP contribution in [-0.2, 0) is 25.3 Å². The van der Waals surface area contributed by atoms with Crippen LogP contribution < -0.4 is 5.32 Å². The molecule has 1 aliphatic rings. The minimum Gasteiger partial charge on any atom is -0.393 e. The molecule has 3 rings (SSSR count). The lowest BCUT2D eigenvalue weighted by molar-refractivity contribution is -0.123. The number of hydrogen-bond acceptors (Lipinski definition) is 4. The second kappa shape index (κ2) is 7.00. The third kappa shape index (κ3) is 3.76. The van der Waals surface area contributed by atoms with Crippen molar-refractivity contribution in [3.05, 3.63) is 34.9 Å². The number of amides is 1. The highest BCUT2D eigenvalue weighted by Gasteiger charge is 2.36. The van der Waals surface area contributed by atoms with Gasteiger partial charge in [-0.3, -0.25) is 14.2 Å². The molecule has 7 heteroatoms. The van der Waals surface area contributed by atoms with Crippen molar-refractivity contribution in [2.45, 2.75) is 51.7 Å². The summed E-state index contributed by atoms with van der Waals surface area (Å²) in [6, 6.07) is -0.0827. The van der Waals surface area contributed by atoms with Crippen molar-refractivity contribution in [2.75, 3.05) is 0 Å². The fraction of sp³-hybridized carbons (Fsp3) is 0.611. The average Bonchev–Trinajstić information content (AvgIpc) is 3.05. The molecule has 2 aromatic heterocycles. The van der Waals surface area contributed by atoms with Gasteiger partial charge >= 0.3 is 0 Å². The van der Waals surface area contributed by atoms with Gasteiger partial charge in [0.25, 0.3) is 0 Å². The van der Waals surface area contributed by atoms with Gasteiger partial charge in [0.1, 0.15) is 0 Å². The lowest BCUT2D eigenvalue weighted by Crippen LogP contribution is -2.41. The van der Waals surface area contributed by atoms with Crippen molar-refractivity contribution in [1.29, 1.82) is 0 Å². The van der Waals surface area contributed by atoms with Crippen molar-refractivity contribution >= 4 is 5.91 Å². The SMILES string of the molecule is Cc1nn(C)c(C)c1CCC(=O)NC(c1cnn(C)c1)C1CC(O)C1. The number of aliphatic hydroxyl groups excluding tert-OH is 1. The summed E-state index contributed by atoms with van der Waals surface area (Å²) in [5.41, 5.74) is 4.24. The average molecular weight is 345 g/mol. The molecule has 2 aromatic rings. The highest BCUT2D eigenvalue weighted by molar-refractivity contribution is 5.76. The number of aromatic nitrogens is 4. The van der Waals surface area contributed by atoms with Gasteiger partial charge in [0.2, 0.25) is 5.91 Å². The van der Waals surface area contributed by atoms with Gasteiger partial charge in [0.05, 0.1) is 24.0 Å². The summed E-state index contributed by atoms with van der Waals surface area (Å²) >= 11 is 0. The molecule has 0 aromatic carbocycles. The molecular weight excluding hydrogens is 318 g/mol. The van der Waals surface area contributed by atoms with Gasteiger partial charge in [-0.2, -0.15) is 10.2 Å². The number of rotatable bonds is 6. The Morgan fingerprint density at radius 1 is 1.40 bits per heavy atom. The van der Waals surface area contributed by atoms with E-state index in [1.807, 2.05) is 38.8 Å². The molecule has 0 aliphatic heterocycles. The Hall–Kier alpha value is -2.15. The Morgan fingerprint density at radius 2 is 2.12 bits per heavy atom. The van der Waals surface area contributed by atoms with Crippen LogP contribution in [0.25, 0.3) is 0 Å². The molecule has 1 aliphatic carbocycles. The van der Waals surface area contributed by atoms with E-state index in [1.54, 1.807) is 10.9 Å². The van der Waals surface area contributed by atoms with Crippen molar-refractivity contribution in [2.24, 2.45) is 20.0 Å². The Kier molecular flexibility index (Phi) is 4.94. The molecule has 1 saturated carbocycles. The van der Waals surface area contributed by atoms with Crippen molar-refractivity contribution in [3.8, 4) is 0 Å². The highest BCUT2D eigenvalue weighted by Crippen LogP contribution is 2.38. The molecule has 1 fully saturated rings. The molecule has 0 spiro atoms. The summed E-state index contributed by atoms with van der Waals surface area (Å²) in [7, 11) is 3.79. The fourth-order valence-corrected chi connectivity index (χ4v) is 3.64. The first-order chi connectivity index (χ1) is 11.8. The summed E-state index contributed by atoms with van der Waals surface area (Å²) in [5, 5.41) is 21.4. The number of nitrogens with zero attached hydrogens (tertiary/aromatic N) is 4. The van der Waals surface area contributed by atoms with Crippen LogP contribution in [0.4, 0.5) is 0 Å². The molecule has 136 valence electrons. The second-order valence-electron chi connectivity index (χ2n) is 7.15. The molecule has 2 N–H and O–H groups in total. The summed E-state index contributed by atoms with van der Waals surface area (Å²) in [6.45, 7) is 4.01. The van der Waals surface area contributed by atoms with Crippen LogP contribution in [0.15, 0.2) is 12.4 Å². The zero-order chi connectivity index (χ0) is 18.1. The Labute approximate surface area is 148 Å². The van der Waals surface area contributed by atoms with Crippen LogP contribution in [0.2, 0.25) is 0 Å². The lowest BCUT2D eigenvalue weighted by Gasteiger charge is -2.37. The third-order valence-corrected chi connectivity index (χ3v) is 5.28. The van der Waals surface area contributed by atoms with Crippen molar-refractivity contribution in [1.82, 2.24) is 24.9 Å². The van der Waals surface area contributed by atoms with Crippen molar-refractivity contribution < 1.29 is 9.90 Å². The van der Waals surface area contributed by atoms with E-state index >= 15 is 0 Å². The molecule has 1 atom stereocenters. The summed E-state index contributed by atoms with van der Waals surface area (Å²) in [6.07, 6.45) is 6.04. The number of hydrogen-bond donors (Lipinski definition) is 2. The number of aryl methyl sites for hydroxylation is 3. The molecule has 25 heavy (non-hydrogen) atoms.